The van der Waals surface area contributed by atoms with Crippen molar-refractivity contribution in [2.75, 3.05) is 20.8 Å². The first kappa shape index (κ1) is 20.3. The summed E-state index contributed by atoms with van der Waals surface area (Å²) < 4.78 is 11.0. The van der Waals surface area contributed by atoms with E-state index in [1.165, 1.54) is 18.7 Å². The number of carboxylic acids is 1. The van der Waals surface area contributed by atoms with E-state index in [4.69, 9.17) is 10.5 Å². The first-order chi connectivity index (χ1) is 14.3. The Morgan fingerprint density at radius 1 is 1.20 bits per heavy atom. The molecule has 0 saturated heterocycles. The summed E-state index contributed by atoms with van der Waals surface area (Å²) in [7, 11) is 2.60. The third-order valence-electron chi connectivity index (χ3n) is 6.98. The Morgan fingerprint density at radius 3 is 2.47 bits per heavy atom. The number of ether oxygens (including phenoxy) is 2. The molecule has 3 saturated carbocycles. The third-order valence-corrected chi connectivity index (χ3v) is 6.98. The van der Waals surface area contributed by atoms with E-state index in [-0.39, 0.29) is 34.3 Å². The van der Waals surface area contributed by atoms with Gasteiger partial charge in [0.25, 0.3) is 0 Å². The molecule has 1 atom stereocenters. The van der Waals surface area contributed by atoms with Crippen LogP contribution in [0.3, 0.4) is 0 Å². The predicted octanol–water partition coefficient (Wildman–Crippen LogP) is 1.38. The van der Waals surface area contributed by atoms with Crippen LogP contribution in [0.1, 0.15) is 64.7 Å². The summed E-state index contributed by atoms with van der Waals surface area (Å²) in [4.78, 5) is 40.5. The maximum Gasteiger partial charge on any atom is 0.356 e. The van der Waals surface area contributed by atoms with Crippen molar-refractivity contribution in [2.45, 2.75) is 38.0 Å². The number of aromatic nitrogens is 3. The number of hydrogen-bond acceptors (Lipinski definition) is 8. The number of carbonyl (C=O) groups is 3. The number of hydrogen-bond donors (Lipinski definition) is 2. The second-order valence-electron chi connectivity index (χ2n) is 8.26. The number of fused-ring (bicyclic) bond motifs is 4. The van der Waals surface area contributed by atoms with Crippen LogP contribution in [0.15, 0.2) is 12.1 Å². The summed E-state index contributed by atoms with van der Waals surface area (Å²) in [5.74, 6) is -2.34. The van der Waals surface area contributed by atoms with Crippen molar-refractivity contribution in [1.29, 1.82) is 0 Å². The van der Waals surface area contributed by atoms with Crippen LogP contribution < -0.4 is 5.73 Å². The molecule has 0 aromatic carbocycles. The molecule has 0 radical (unpaired) electrons. The van der Waals surface area contributed by atoms with Crippen LogP contribution in [-0.2, 0) is 14.3 Å². The van der Waals surface area contributed by atoms with Gasteiger partial charge in [-0.05, 0) is 44.1 Å². The lowest BCUT2D eigenvalue weighted by Gasteiger charge is -2.55. The Balaban J connectivity index is 1.84. The van der Waals surface area contributed by atoms with Gasteiger partial charge in [0.15, 0.2) is 17.0 Å². The van der Waals surface area contributed by atoms with Crippen LogP contribution in [0.4, 0.5) is 0 Å². The summed E-state index contributed by atoms with van der Waals surface area (Å²) in [5, 5.41) is 14.1. The van der Waals surface area contributed by atoms with Crippen molar-refractivity contribution in [2.24, 2.45) is 16.6 Å². The smallest absolute Gasteiger partial charge is 0.356 e. The number of esters is 2. The van der Waals surface area contributed by atoms with E-state index < -0.39 is 17.4 Å². The molecule has 0 spiro atoms. The summed E-state index contributed by atoms with van der Waals surface area (Å²) in [5.41, 5.74) is 5.92. The SMILES string of the molecule is COC(=O)c1cc(C(=O)O)n2nc(C3CC4(C(=O)OC)CCC3(CN)CC4)cc2n1. The van der Waals surface area contributed by atoms with Crippen molar-refractivity contribution in [1.82, 2.24) is 14.6 Å². The van der Waals surface area contributed by atoms with Gasteiger partial charge < -0.3 is 20.3 Å². The van der Waals surface area contributed by atoms with Crippen LogP contribution in [0, 0.1) is 10.8 Å². The van der Waals surface area contributed by atoms with Crippen molar-refractivity contribution in [3.63, 3.8) is 0 Å². The lowest BCUT2D eigenvalue weighted by molar-refractivity contribution is -0.164. The topological polar surface area (TPSA) is 146 Å². The van der Waals surface area contributed by atoms with Crippen LogP contribution >= 0.6 is 0 Å². The van der Waals surface area contributed by atoms with Gasteiger partial charge in [-0.1, -0.05) is 0 Å². The third kappa shape index (κ3) is 2.85. The standard InChI is InChI=1S/C20H24N4O6/c1-29-17(27)13-7-14(16(25)26)24-15(22-13)8-12(23-24)11-9-19(18(28)30-2)3-5-20(11,10-21)6-4-19/h7-8,11H,3-6,9-10,21H2,1-2H3,(H,25,26). The second kappa shape index (κ2) is 7.05. The van der Waals surface area contributed by atoms with Crippen molar-refractivity contribution < 1.29 is 29.0 Å². The van der Waals surface area contributed by atoms with E-state index in [1.54, 1.807) is 6.07 Å². The van der Waals surface area contributed by atoms with Gasteiger partial charge in [0.05, 0.1) is 25.3 Å². The summed E-state index contributed by atoms with van der Waals surface area (Å²) >= 11 is 0. The molecule has 0 amide bonds. The van der Waals surface area contributed by atoms with Crippen molar-refractivity contribution >= 4 is 23.6 Å². The average molecular weight is 416 g/mol. The minimum absolute atomic E-state index is 0.112. The van der Waals surface area contributed by atoms with Gasteiger partial charge in [-0.15, -0.1) is 0 Å². The number of nitrogens with zero attached hydrogens (tertiary/aromatic N) is 3. The van der Waals surface area contributed by atoms with Gasteiger partial charge in [-0.2, -0.15) is 5.10 Å². The summed E-state index contributed by atoms with van der Waals surface area (Å²) in [6.45, 7) is 0.440. The van der Waals surface area contributed by atoms with Gasteiger partial charge in [0.2, 0.25) is 0 Å². The number of carboxylic acid groups (broad SMARTS) is 1. The first-order valence-corrected chi connectivity index (χ1v) is 9.80. The molecule has 3 aliphatic rings. The molecule has 2 aromatic heterocycles. The van der Waals surface area contributed by atoms with Crippen LogP contribution in [0.2, 0.25) is 0 Å². The Morgan fingerprint density at radius 2 is 1.90 bits per heavy atom. The van der Waals surface area contributed by atoms with Crippen LogP contribution in [0.5, 0.6) is 0 Å². The molecule has 5 rings (SSSR count). The molecule has 1 unspecified atom stereocenters. The second-order valence-corrected chi connectivity index (χ2v) is 8.26. The maximum atomic E-state index is 12.6. The highest BCUT2D eigenvalue weighted by molar-refractivity contribution is 5.93. The Labute approximate surface area is 172 Å². The van der Waals surface area contributed by atoms with Gasteiger partial charge in [0, 0.05) is 18.1 Å². The van der Waals surface area contributed by atoms with Crippen LogP contribution in [0.25, 0.3) is 5.65 Å². The van der Waals surface area contributed by atoms with E-state index in [2.05, 4.69) is 14.8 Å². The largest absolute Gasteiger partial charge is 0.477 e. The molecule has 10 heteroatoms. The van der Waals surface area contributed by atoms with E-state index in [0.717, 1.165) is 18.9 Å². The zero-order chi connectivity index (χ0) is 21.7. The van der Waals surface area contributed by atoms with Crippen LogP contribution in [-0.4, -0.2) is 58.4 Å². The van der Waals surface area contributed by atoms with Gasteiger partial charge in [-0.25, -0.2) is 19.1 Å². The number of aromatic carboxylic acids is 1. The maximum absolute atomic E-state index is 12.6. The van der Waals surface area contributed by atoms with E-state index in [9.17, 15) is 19.5 Å². The number of rotatable bonds is 5. The molecule has 3 aliphatic carbocycles. The zero-order valence-electron chi connectivity index (χ0n) is 16.9. The monoisotopic (exact) mass is 416 g/mol. The normalized spacial score (nSPS) is 27.8. The molecule has 10 nitrogen and oxygen atoms in total. The highest BCUT2D eigenvalue weighted by Crippen LogP contribution is 2.62. The quantitative estimate of drug-likeness (QED) is 0.690. The minimum Gasteiger partial charge on any atom is -0.477 e. The van der Waals surface area contributed by atoms with E-state index in [0.29, 0.717) is 31.5 Å². The minimum atomic E-state index is -1.24. The first-order valence-electron chi connectivity index (χ1n) is 9.80. The zero-order valence-corrected chi connectivity index (χ0v) is 16.9. The van der Waals surface area contributed by atoms with E-state index in [1.807, 2.05) is 0 Å². The molecule has 2 aromatic rings. The Hall–Kier alpha value is -3.01. The molecule has 2 bridgehead atoms. The lowest BCUT2D eigenvalue weighted by Crippen LogP contribution is -2.53. The van der Waals surface area contributed by atoms with E-state index >= 15 is 0 Å². The molecule has 160 valence electrons. The molecule has 3 N–H and O–H groups in total. The molecule has 3 fully saturated rings. The van der Waals surface area contributed by atoms with Gasteiger partial charge in [-0.3, -0.25) is 4.79 Å². The number of carbonyl (C=O) groups excluding carboxylic acids is 2. The lowest BCUT2D eigenvalue weighted by atomic mass is 9.48. The van der Waals surface area contributed by atoms with Crippen molar-refractivity contribution in [3.05, 3.63) is 29.2 Å². The summed E-state index contributed by atoms with van der Waals surface area (Å²) in [6, 6.07) is 2.81. The molecule has 2 heterocycles. The molecule has 30 heavy (non-hydrogen) atoms. The average Bonchev–Trinajstić information content (AvgIpc) is 3.21. The fraction of sp³-hybridized carbons (Fsp3) is 0.550. The predicted molar refractivity (Wildman–Crippen MR) is 103 cm³/mol. The Bertz CT molecular complexity index is 1040. The fourth-order valence-electron chi connectivity index (χ4n) is 5.18. The molecule has 0 aliphatic heterocycles. The number of methoxy groups -OCH3 is 2. The summed E-state index contributed by atoms with van der Waals surface area (Å²) in [6.07, 6.45) is 3.50. The number of nitrogens with two attached hydrogens (primary N) is 1. The molecular weight excluding hydrogens is 392 g/mol. The fourth-order valence-corrected chi connectivity index (χ4v) is 5.18. The highest BCUT2D eigenvalue weighted by Gasteiger charge is 2.58. The molecular formula is C20H24N4O6. The van der Waals surface area contributed by atoms with Gasteiger partial charge in [0.1, 0.15) is 0 Å². The highest BCUT2D eigenvalue weighted by atomic mass is 16.5. The van der Waals surface area contributed by atoms with Crippen molar-refractivity contribution in [3.8, 4) is 0 Å². The van der Waals surface area contributed by atoms with Gasteiger partial charge >= 0.3 is 17.9 Å². The Kier molecular flexibility index (Phi) is 4.76.